The molecule has 1 aromatic carbocycles. The third kappa shape index (κ3) is 4.86. The summed E-state index contributed by atoms with van der Waals surface area (Å²) in [5.74, 6) is 0.409. The van der Waals surface area contributed by atoms with E-state index >= 15 is 0 Å². The Hall–Kier alpha value is -2.93. The van der Waals surface area contributed by atoms with E-state index in [0.29, 0.717) is 25.2 Å². The van der Waals surface area contributed by atoms with Gasteiger partial charge < -0.3 is 19.9 Å². The van der Waals surface area contributed by atoms with Gasteiger partial charge in [-0.25, -0.2) is 0 Å². The summed E-state index contributed by atoms with van der Waals surface area (Å²) in [4.78, 5) is 33.5. The van der Waals surface area contributed by atoms with Crippen LogP contribution in [0.1, 0.15) is 33.3 Å². The van der Waals surface area contributed by atoms with Gasteiger partial charge in [-0.05, 0) is 36.4 Å². The van der Waals surface area contributed by atoms with E-state index in [9.17, 15) is 9.59 Å². The highest BCUT2D eigenvalue weighted by Gasteiger charge is 2.22. The summed E-state index contributed by atoms with van der Waals surface area (Å²) in [6.45, 7) is 6.65. The summed E-state index contributed by atoms with van der Waals surface area (Å²) < 4.78 is 5.13. The number of carbonyl (C=O) groups excluding carboxylic acids is 2. The van der Waals surface area contributed by atoms with Crippen LogP contribution in [0.2, 0.25) is 0 Å². The zero-order valence-corrected chi connectivity index (χ0v) is 16.4. The summed E-state index contributed by atoms with van der Waals surface area (Å²) >= 11 is 0. The molecule has 1 saturated heterocycles. The lowest BCUT2D eigenvalue weighted by molar-refractivity contribution is 0.0643. The van der Waals surface area contributed by atoms with Gasteiger partial charge in [0.25, 0.3) is 11.8 Å². The van der Waals surface area contributed by atoms with Crippen LogP contribution in [0.3, 0.4) is 0 Å². The Morgan fingerprint density at radius 2 is 1.82 bits per heavy atom. The first-order chi connectivity index (χ1) is 13.6. The van der Waals surface area contributed by atoms with Crippen LogP contribution in [0.25, 0.3) is 0 Å². The van der Waals surface area contributed by atoms with Crippen molar-refractivity contribution in [3.8, 4) is 5.75 Å². The van der Waals surface area contributed by atoms with Crippen molar-refractivity contribution in [1.82, 2.24) is 20.1 Å². The van der Waals surface area contributed by atoms with Gasteiger partial charge >= 0.3 is 0 Å². The van der Waals surface area contributed by atoms with Crippen molar-refractivity contribution < 1.29 is 14.3 Å². The van der Waals surface area contributed by atoms with Gasteiger partial charge in [-0.2, -0.15) is 0 Å². The molecule has 148 valence electrons. The van der Waals surface area contributed by atoms with E-state index in [1.54, 1.807) is 19.2 Å². The van der Waals surface area contributed by atoms with Crippen LogP contribution in [0.15, 0.2) is 42.6 Å². The van der Waals surface area contributed by atoms with Crippen LogP contribution in [0, 0.1) is 0 Å². The highest BCUT2D eigenvalue weighted by Crippen LogP contribution is 2.12. The summed E-state index contributed by atoms with van der Waals surface area (Å²) in [5, 5.41) is 2.84. The molecular formula is C21H26N4O3. The quantitative estimate of drug-likeness (QED) is 0.825. The van der Waals surface area contributed by atoms with Crippen LogP contribution in [-0.4, -0.2) is 66.4 Å². The largest absolute Gasteiger partial charge is 0.497 e. The maximum atomic E-state index is 12.7. The highest BCUT2D eigenvalue weighted by atomic mass is 16.5. The van der Waals surface area contributed by atoms with Gasteiger partial charge in [0, 0.05) is 44.5 Å². The number of hydrogen-bond donors (Lipinski definition) is 1. The fourth-order valence-corrected chi connectivity index (χ4v) is 3.15. The van der Waals surface area contributed by atoms with Gasteiger partial charge in [0.2, 0.25) is 0 Å². The minimum atomic E-state index is -0.304. The molecule has 2 aromatic rings. The third-order valence-electron chi connectivity index (χ3n) is 4.96. The van der Waals surface area contributed by atoms with Crippen LogP contribution >= 0.6 is 0 Å². The molecule has 7 nitrogen and oxygen atoms in total. The summed E-state index contributed by atoms with van der Waals surface area (Å²) in [6.07, 6.45) is 1.51. The normalized spacial score (nSPS) is 14.6. The Morgan fingerprint density at radius 3 is 2.46 bits per heavy atom. The highest BCUT2D eigenvalue weighted by molar-refractivity contribution is 5.98. The smallest absolute Gasteiger partial charge is 0.270 e. The average molecular weight is 382 g/mol. The zero-order chi connectivity index (χ0) is 19.9. The molecule has 2 amide bonds. The number of piperazine rings is 1. The molecule has 0 atom stereocenters. The Labute approximate surface area is 165 Å². The van der Waals surface area contributed by atoms with Crippen molar-refractivity contribution in [3.05, 3.63) is 59.4 Å². The van der Waals surface area contributed by atoms with Gasteiger partial charge in [-0.3, -0.25) is 14.6 Å². The Kier molecular flexibility index (Phi) is 6.60. The number of ether oxygens (including phenoxy) is 1. The van der Waals surface area contributed by atoms with E-state index in [2.05, 4.69) is 22.1 Å². The van der Waals surface area contributed by atoms with Gasteiger partial charge in [0.05, 0.1) is 7.11 Å². The molecule has 0 aliphatic carbocycles. The molecule has 1 aliphatic heterocycles. The molecule has 2 heterocycles. The second-order valence-electron chi connectivity index (χ2n) is 6.69. The van der Waals surface area contributed by atoms with Crippen molar-refractivity contribution in [2.45, 2.75) is 13.5 Å². The second kappa shape index (κ2) is 9.32. The number of carbonyl (C=O) groups is 2. The Morgan fingerprint density at radius 1 is 1.11 bits per heavy atom. The first kappa shape index (κ1) is 19.8. The molecule has 0 saturated carbocycles. The number of methoxy groups -OCH3 is 1. The van der Waals surface area contributed by atoms with E-state index in [-0.39, 0.29) is 17.5 Å². The lowest BCUT2D eigenvalue weighted by Crippen LogP contribution is -2.48. The van der Waals surface area contributed by atoms with E-state index in [1.165, 1.54) is 6.20 Å². The molecule has 1 N–H and O–H groups in total. The van der Waals surface area contributed by atoms with E-state index in [4.69, 9.17) is 4.74 Å². The molecular weight excluding hydrogens is 356 g/mol. The number of nitrogens with one attached hydrogen (secondary N) is 1. The average Bonchev–Trinajstić information content (AvgIpc) is 2.77. The molecule has 3 rings (SSSR count). The van der Waals surface area contributed by atoms with E-state index in [1.807, 2.05) is 29.2 Å². The third-order valence-corrected chi connectivity index (χ3v) is 4.96. The SMILES string of the molecule is CCN1CCN(C(=O)c2ccnc(C(=O)NCc3ccc(OC)cc3)c2)CC1. The maximum Gasteiger partial charge on any atom is 0.270 e. The van der Waals surface area contributed by atoms with Gasteiger partial charge in [-0.15, -0.1) is 0 Å². The first-order valence-electron chi connectivity index (χ1n) is 9.49. The fraction of sp³-hybridized carbons (Fsp3) is 0.381. The summed E-state index contributed by atoms with van der Waals surface area (Å²) in [6, 6.07) is 10.7. The van der Waals surface area contributed by atoms with Crippen LogP contribution in [0.4, 0.5) is 0 Å². The number of rotatable bonds is 6. The van der Waals surface area contributed by atoms with Crippen molar-refractivity contribution >= 4 is 11.8 Å². The number of benzene rings is 1. The van der Waals surface area contributed by atoms with Crippen molar-refractivity contribution in [3.63, 3.8) is 0 Å². The predicted molar refractivity (Wildman–Crippen MR) is 106 cm³/mol. The molecule has 1 aliphatic rings. The predicted octanol–water partition coefficient (Wildman–Crippen LogP) is 1.80. The molecule has 1 aromatic heterocycles. The topological polar surface area (TPSA) is 74.8 Å². The second-order valence-corrected chi connectivity index (χ2v) is 6.69. The maximum absolute atomic E-state index is 12.7. The minimum Gasteiger partial charge on any atom is -0.497 e. The lowest BCUT2D eigenvalue weighted by atomic mass is 10.1. The van der Waals surface area contributed by atoms with Crippen LogP contribution in [-0.2, 0) is 6.54 Å². The van der Waals surface area contributed by atoms with Crippen molar-refractivity contribution in [2.75, 3.05) is 39.8 Å². The zero-order valence-electron chi connectivity index (χ0n) is 16.4. The molecule has 1 fully saturated rings. The number of pyridine rings is 1. The number of nitrogens with zero attached hydrogens (tertiary/aromatic N) is 3. The molecule has 0 bridgehead atoms. The number of aromatic nitrogens is 1. The number of likely N-dealkylation sites (N-methyl/N-ethyl adjacent to an activating group) is 1. The molecule has 28 heavy (non-hydrogen) atoms. The monoisotopic (exact) mass is 382 g/mol. The Balaban J connectivity index is 1.60. The number of amides is 2. The molecule has 7 heteroatoms. The van der Waals surface area contributed by atoms with Crippen LogP contribution in [0.5, 0.6) is 5.75 Å². The van der Waals surface area contributed by atoms with Crippen molar-refractivity contribution in [2.24, 2.45) is 0 Å². The molecule has 0 spiro atoms. The van der Waals surface area contributed by atoms with E-state index < -0.39 is 0 Å². The summed E-state index contributed by atoms with van der Waals surface area (Å²) in [5.41, 5.74) is 1.69. The standard InChI is InChI=1S/C21H26N4O3/c1-3-24-10-12-25(13-11-24)21(27)17-8-9-22-19(14-17)20(26)23-15-16-4-6-18(28-2)7-5-16/h4-9,14H,3,10-13,15H2,1-2H3,(H,23,26). The van der Waals surface area contributed by atoms with Crippen molar-refractivity contribution in [1.29, 1.82) is 0 Å². The lowest BCUT2D eigenvalue weighted by Gasteiger charge is -2.34. The summed E-state index contributed by atoms with van der Waals surface area (Å²) in [7, 11) is 1.61. The van der Waals surface area contributed by atoms with Crippen LogP contribution < -0.4 is 10.1 Å². The van der Waals surface area contributed by atoms with Gasteiger partial charge in [0.1, 0.15) is 11.4 Å². The van der Waals surface area contributed by atoms with Gasteiger partial charge in [0.15, 0.2) is 0 Å². The van der Waals surface area contributed by atoms with Gasteiger partial charge in [-0.1, -0.05) is 19.1 Å². The molecule has 0 unspecified atom stereocenters. The Bertz CT molecular complexity index is 815. The minimum absolute atomic E-state index is 0.0534. The molecule has 0 radical (unpaired) electrons. The number of hydrogen-bond acceptors (Lipinski definition) is 5. The first-order valence-corrected chi connectivity index (χ1v) is 9.49. The van der Waals surface area contributed by atoms with E-state index in [0.717, 1.165) is 30.9 Å². The fourth-order valence-electron chi connectivity index (χ4n) is 3.15.